The zero-order valence-electron chi connectivity index (χ0n) is 10.5. The lowest BCUT2D eigenvalue weighted by Crippen LogP contribution is -2.17. The molecule has 0 saturated heterocycles. The Balaban J connectivity index is 2.39. The van der Waals surface area contributed by atoms with E-state index in [-0.39, 0.29) is 11.4 Å². The molecule has 0 aliphatic heterocycles. The van der Waals surface area contributed by atoms with Crippen molar-refractivity contribution in [3.63, 3.8) is 0 Å². The van der Waals surface area contributed by atoms with Crippen molar-refractivity contribution in [2.45, 2.75) is 19.0 Å². The molecular weight excluding hydrogens is 292 g/mol. The summed E-state index contributed by atoms with van der Waals surface area (Å²) in [6.07, 6.45) is -6.17. The maximum Gasteiger partial charge on any atom is 0.389 e. The summed E-state index contributed by atoms with van der Waals surface area (Å²) in [6.45, 7) is 0. The Morgan fingerprint density at radius 3 is 2.48 bits per heavy atom. The van der Waals surface area contributed by atoms with Gasteiger partial charge in [0.15, 0.2) is 0 Å². The van der Waals surface area contributed by atoms with Crippen molar-refractivity contribution in [1.29, 1.82) is 0 Å². The summed E-state index contributed by atoms with van der Waals surface area (Å²) in [5.74, 6) is -1.86. The molecule has 1 aromatic heterocycles. The first-order chi connectivity index (χ1) is 9.78. The van der Waals surface area contributed by atoms with Gasteiger partial charge in [-0.15, -0.1) is 0 Å². The van der Waals surface area contributed by atoms with Crippen molar-refractivity contribution in [1.82, 2.24) is 9.97 Å². The summed E-state index contributed by atoms with van der Waals surface area (Å²) >= 11 is 0. The lowest BCUT2D eigenvalue weighted by Gasteiger charge is -2.08. The number of nitrogens with zero attached hydrogens (tertiary/aromatic N) is 1. The molecule has 2 rings (SSSR count). The molecule has 0 aliphatic rings. The fourth-order valence-corrected chi connectivity index (χ4v) is 1.79. The summed E-state index contributed by atoms with van der Waals surface area (Å²) in [6, 6.07) is 5.20. The number of H-pyrrole nitrogens is 1. The van der Waals surface area contributed by atoms with E-state index in [0.717, 1.165) is 6.07 Å². The van der Waals surface area contributed by atoms with Crippen molar-refractivity contribution in [3.8, 4) is 17.0 Å². The van der Waals surface area contributed by atoms with Crippen LogP contribution in [0.1, 0.15) is 12.2 Å². The zero-order chi connectivity index (χ0) is 15.6. The van der Waals surface area contributed by atoms with Gasteiger partial charge in [0.2, 0.25) is 5.88 Å². The van der Waals surface area contributed by atoms with Crippen LogP contribution in [-0.4, -0.2) is 21.3 Å². The van der Waals surface area contributed by atoms with Gasteiger partial charge in [0.25, 0.3) is 5.56 Å². The molecule has 8 heteroatoms. The SMILES string of the molecule is O=c1[nH]c(CCC(F)(F)F)nc(O)c1-c1ccccc1F. The van der Waals surface area contributed by atoms with Crippen molar-refractivity contribution in [2.75, 3.05) is 0 Å². The van der Waals surface area contributed by atoms with E-state index in [2.05, 4.69) is 9.97 Å². The molecule has 0 bridgehead atoms. The summed E-state index contributed by atoms with van der Waals surface area (Å²) in [5, 5.41) is 9.70. The Kier molecular flexibility index (Phi) is 3.97. The quantitative estimate of drug-likeness (QED) is 0.857. The van der Waals surface area contributed by atoms with Crippen LogP contribution in [0.5, 0.6) is 5.88 Å². The highest BCUT2D eigenvalue weighted by molar-refractivity contribution is 5.67. The molecule has 0 amide bonds. The zero-order valence-corrected chi connectivity index (χ0v) is 10.5. The third-order valence-corrected chi connectivity index (χ3v) is 2.74. The maximum absolute atomic E-state index is 13.6. The Labute approximate surface area is 116 Å². The van der Waals surface area contributed by atoms with Crippen LogP contribution in [-0.2, 0) is 6.42 Å². The first-order valence-corrected chi connectivity index (χ1v) is 5.92. The normalized spacial score (nSPS) is 11.6. The van der Waals surface area contributed by atoms with Crippen LogP contribution >= 0.6 is 0 Å². The molecule has 0 radical (unpaired) electrons. The van der Waals surface area contributed by atoms with E-state index in [4.69, 9.17) is 0 Å². The Hall–Kier alpha value is -2.38. The minimum absolute atomic E-state index is 0.175. The average Bonchev–Trinajstić information content (AvgIpc) is 2.37. The first kappa shape index (κ1) is 15.0. The van der Waals surface area contributed by atoms with Crippen LogP contribution in [0.25, 0.3) is 11.1 Å². The monoisotopic (exact) mass is 302 g/mol. The fourth-order valence-electron chi connectivity index (χ4n) is 1.79. The molecule has 112 valence electrons. The number of halogens is 4. The number of nitrogens with one attached hydrogen (secondary N) is 1. The molecule has 0 unspecified atom stereocenters. The van der Waals surface area contributed by atoms with E-state index in [1.165, 1.54) is 18.2 Å². The first-order valence-electron chi connectivity index (χ1n) is 5.92. The second-order valence-electron chi connectivity index (χ2n) is 4.31. The maximum atomic E-state index is 13.6. The summed E-state index contributed by atoms with van der Waals surface area (Å²) in [5.41, 5.74) is -1.49. The van der Waals surface area contributed by atoms with Crippen LogP contribution in [0.3, 0.4) is 0 Å². The van der Waals surface area contributed by atoms with Gasteiger partial charge in [-0.3, -0.25) is 4.79 Å². The van der Waals surface area contributed by atoms with Crippen molar-refractivity contribution < 1.29 is 22.7 Å². The molecule has 4 nitrogen and oxygen atoms in total. The predicted molar refractivity (Wildman–Crippen MR) is 66.3 cm³/mol. The van der Waals surface area contributed by atoms with Crippen LogP contribution in [0.4, 0.5) is 17.6 Å². The van der Waals surface area contributed by atoms with Gasteiger partial charge < -0.3 is 10.1 Å². The number of aromatic nitrogens is 2. The topological polar surface area (TPSA) is 66.0 Å². The van der Waals surface area contributed by atoms with Gasteiger partial charge in [-0.1, -0.05) is 18.2 Å². The molecule has 1 aromatic carbocycles. The molecule has 0 fully saturated rings. The van der Waals surface area contributed by atoms with Crippen LogP contribution in [0.2, 0.25) is 0 Å². The minimum Gasteiger partial charge on any atom is -0.493 e. The van der Waals surface area contributed by atoms with E-state index in [0.29, 0.717) is 0 Å². The van der Waals surface area contributed by atoms with Crippen LogP contribution < -0.4 is 5.56 Å². The minimum atomic E-state index is -4.40. The molecule has 0 aliphatic carbocycles. The number of hydrogen-bond acceptors (Lipinski definition) is 3. The lowest BCUT2D eigenvalue weighted by molar-refractivity contribution is -0.134. The van der Waals surface area contributed by atoms with Gasteiger partial charge in [0.1, 0.15) is 17.2 Å². The van der Waals surface area contributed by atoms with Crippen molar-refractivity contribution in [3.05, 3.63) is 46.3 Å². The predicted octanol–water partition coefficient (Wildman–Crippen LogP) is 2.78. The molecule has 2 N–H and O–H groups in total. The third kappa shape index (κ3) is 3.59. The van der Waals surface area contributed by atoms with E-state index < -0.39 is 41.8 Å². The number of benzene rings is 1. The molecule has 1 heterocycles. The van der Waals surface area contributed by atoms with Gasteiger partial charge in [-0.2, -0.15) is 18.2 Å². The molecule has 0 spiro atoms. The standard InChI is InChI=1S/C13H10F4N2O2/c14-8-4-2-1-3-7(8)10-11(20)18-9(19-12(10)21)5-6-13(15,16)17/h1-4H,5-6H2,(H2,18,19,20,21). The number of aryl methyl sites for hydroxylation is 1. The van der Waals surface area contributed by atoms with Crippen LogP contribution in [0, 0.1) is 5.82 Å². The Bertz CT molecular complexity index is 710. The second-order valence-corrected chi connectivity index (χ2v) is 4.31. The van der Waals surface area contributed by atoms with Crippen molar-refractivity contribution in [2.24, 2.45) is 0 Å². The molecular formula is C13H10F4N2O2. The fraction of sp³-hybridized carbons (Fsp3) is 0.231. The molecule has 2 aromatic rings. The second kappa shape index (κ2) is 5.55. The van der Waals surface area contributed by atoms with E-state index in [1.54, 1.807) is 0 Å². The lowest BCUT2D eigenvalue weighted by atomic mass is 10.1. The van der Waals surface area contributed by atoms with Crippen molar-refractivity contribution >= 4 is 0 Å². The number of aromatic amines is 1. The van der Waals surface area contributed by atoms with Crippen LogP contribution in [0.15, 0.2) is 29.1 Å². The summed E-state index contributed by atoms with van der Waals surface area (Å²) in [4.78, 5) is 17.4. The Morgan fingerprint density at radius 2 is 1.90 bits per heavy atom. The highest BCUT2D eigenvalue weighted by atomic mass is 19.4. The van der Waals surface area contributed by atoms with E-state index in [1.807, 2.05) is 0 Å². The highest BCUT2D eigenvalue weighted by Gasteiger charge is 2.27. The summed E-state index contributed by atoms with van der Waals surface area (Å²) < 4.78 is 49.9. The number of rotatable bonds is 3. The largest absolute Gasteiger partial charge is 0.493 e. The van der Waals surface area contributed by atoms with Gasteiger partial charge in [-0.05, 0) is 6.07 Å². The number of alkyl halides is 3. The molecule has 21 heavy (non-hydrogen) atoms. The average molecular weight is 302 g/mol. The van der Waals surface area contributed by atoms with Gasteiger partial charge in [-0.25, -0.2) is 4.39 Å². The highest BCUT2D eigenvalue weighted by Crippen LogP contribution is 2.26. The van der Waals surface area contributed by atoms with E-state index >= 15 is 0 Å². The van der Waals surface area contributed by atoms with Gasteiger partial charge in [0, 0.05) is 12.0 Å². The molecule has 0 atom stereocenters. The molecule has 0 saturated carbocycles. The van der Waals surface area contributed by atoms with Gasteiger partial charge >= 0.3 is 6.18 Å². The Morgan fingerprint density at radius 1 is 1.24 bits per heavy atom. The smallest absolute Gasteiger partial charge is 0.389 e. The summed E-state index contributed by atoms with van der Waals surface area (Å²) in [7, 11) is 0. The number of aromatic hydroxyl groups is 1. The van der Waals surface area contributed by atoms with Gasteiger partial charge in [0.05, 0.1) is 6.42 Å². The third-order valence-electron chi connectivity index (χ3n) is 2.74. The van der Waals surface area contributed by atoms with E-state index in [9.17, 15) is 27.5 Å². The number of hydrogen-bond donors (Lipinski definition) is 2.